The zero-order chi connectivity index (χ0) is 13.1. The quantitative estimate of drug-likeness (QED) is 0.919. The third kappa shape index (κ3) is 2.68. The first-order valence-electron chi connectivity index (χ1n) is 7.50. The molecule has 2 aliphatic heterocycles. The molecule has 1 N–H and O–H groups in total. The predicted octanol–water partition coefficient (Wildman–Crippen LogP) is 3.06. The minimum Gasteiger partial charge on any atom is -0.339 e. The van der Waals surface area contributed by atoms with Crippen LogP contribution in [0.5, 0.6) is 0 Å². The zero-order valence-corrected chi connectivity index (χ0v) is 12.5. The van der Waals surface area contributed by atoms with Gasteiger partial charge in [0.25, 0.3) is 0 Å². The molecule has 19 heavy (non-hydrogen) atoms. The fourth-order valence-corrected chi connectivity index (χ4v) is 4.51. The van der Waals surface area contributed by atoms with Crippen LogP contribution < -0.4 is 5.32 Å². The van der Waals surface area contributed by atoms with E-state index in [2.05, 4.69) is 17.4 Å². The second kappa shape index (κ2) is 5.83. The van der Waals surface area contributed by atoms with Gasteiger partial charge in [-0.2, -0.15) is 16.7 Å². The van der Waals surface area contributed by atoms with Gasteiger partial charge in [0.15, 0.2) is 5.82 Å². The van der Waals surface area contributed by atoms with Gasteiger partial charge in [-0.05, 0) is 44.4 Å². The minimum absolute atomic E-state index is 0.0848. The summed E-state index contributed by atoms with van der Waals surface area (Å²) in [6.07, 6.45) is 7.16. The summed E-state index contributed by atoms with van der Waals surface area (Å²) >= 11 is 1.97. The largest absolute Gasteiger partial charge is 0.339 e. The summed E-state index contributed by atoms with van der Waals surface area (Å²) in [5.74, 6) is 3.04. The van der Waals surface area contributed by atoms with Crippen molar-refractivity contribution in [2.45, 2.75) is 56.1 Å². The molecule has 0 spiro atoms. The van der Waals surface area contributed by atoms with Crippen molar-refractivity contribution in [2.24, 2.45) is 0 Å². The third-order valence-electron chi connectivity index (χ3n) is 4.31. The Morgan fingerprint density at radius 1 is 1.47 bits per heavy atom. The topological polar surface area (TPSA) is 51.0 Å². The van der Waals surface area contributed by atoms with Gasteiger partial charge in [-0.1, -0.05) is 18.5 Å². The molecule has 3 rings (SSSR count). The Morgan fingerprint density at radius 3 is 3.11 bits per heavy atom. The molecule has 4 nitrogen and oxygen atoms in total. The van der Waals surface area contributed by atoms with Crippen LogP contribution in [0.25, 0.3) is 0 Å². The smallest absolute Gasteiger partial charge is 0.234 e. The first-order valence-corrected chi connectivity index (χ1v) is 8.55. The molecule has 1 aromatic rings. The van der Waals surface area contributed by atoms with E-state index in [1.165, 1.54) is 31.4 Å². The minimum atomic E-state index is 0.0848. The Labute approximate surface area is 119 Å². The number of piperidine rings is 1. The number of hydrogen-bond acceptors (Lipinski definition) is 5. The molecule has 5 heteroatoms. The van der Waals surface area contributed by atoms with Crippen molar-refractivity contribution in [3.8, 4) is 0 Å². The molecule has 106 valence electrons. The van der Waals surface area contributed by atoms with Crippen LogP contribution in [-0.4, -0.2) is 29.0 Å². The summed E-state index contributed by atoms with van der Waals surface area (Å²) < 4.78 is 5.66. The van der Waals surface area contributed by atoms with Gasteiger partial charge < -0.3 is 9.84 Å². The van der Waals surface area contributed by atoms with Crippen LogP contribution in [0, 0.1) is 0 Å². The van der Waals surface area contributed by atoms with E-state index in [-0.39, 0.29) is 5.41 Å². The summed E-state index contributed by atoms with van der Waals surface area (Å²) in [7, 11) is 0. The van der Waals surface area contributed by atoms with Gasteiger partial charge in [0.05, 0.1) is 10.7 Å². The molecule has 2 saturated heterocycles. The number of nitrogens with zero attached hydrogens (tertiary/aromatic N) is 2. The second-order valence-corrected chi connectivity index (χ2v) is 7.08. The van der Waals surface area contributed by atoms with Crippen molar-refractivity contribution in [1.82, 2.24) is 15.5 Å². The maximum atomic E-state index is 5.66. The van der Waals surface area contributed by atoms with Crippen LogP contribution in [0.4, 0.5) is 0 Å². The monoisotopic (exact) mass is 281 g/mol. The van der Waals surface area contributed by atoms with Crippen molar-refractivity contribution in [1.29, 1.82) is 0 Å². The maximum Gasteiger partial charge on any atom is 0.234 e. The van der Waals surface area contributed by atoms with E-state index in [0.717, 1.165) is 37.6 Å². The molecule has 1 aromatic heterocycles. The lowest BCUT2D eigenvalue weighted by atomic mass is 9.77. The highest BCUT2D eigenvalue weighted by molar-refractivity contribution is 7.99. The van der Waals surface area contributed by atoms with Crippen LogP contribution in [-0.2, 0) is 5.41 Å². The summed E-state index contributed by atoms with van der Waals surface area (Å²) in [5.41, 5.74) is 0.0848. The van der Waals surface area contributed by atoms with Crippen LogP contribution in [0.2, 0.25) is 0 Å². The molecule has 0 radical (unpaired) electrons. The molecular weight excluding hydrogens is 258 g/mol. The van der Waals surface area contributed by atoms with Gasteiger partial charge in [-0.15, -0.1) is 0 Å². The molecule has 0 saturated carbocycles. The van der Waals surface area contributed by atoms with E-state index < -0.39 is 0 Å². The van der Waals surface area contributed by atoms with Gasteiger partial charge in [0, 0.05) is 6.54 Å². The lowest BCUT2D eigenvalue weighted by Gasteiger charge is -2.34. The number of aromatic nitrogens is 2. The van der Waals surface area contributed by atoms with E-state index in [9.17, 15) is 0 Å². The molecule has 0 amide bonds. The normalized spacial score (nSPS) is 31.7. The molecule has 0 bridgehead atoms. The van der Waals surface area contributed by atoms with Gasteiger partial charge >= 0.3 is 0 Å². The summed E-state index contributed by atoms with van der Waals surface area (Å²) in [5, 5.41) is 8.24. The van der Waals surface area contributed by atoms with E-state index in [1.54, 1.807) is 0 Å². The Balaban J connectivity index is 1.81. The number of nitrogens with one attached hydrogen (secondary N) is 1. The first kappa shape index (κ1) is 13.4. The fraction of sp³-hybridized carbons (Fsp3) is 0.857. The highest BCUT2D eigenvalue weighted by Crippen LogP contribution is 2.40. The van der Waals surface area contributed by atoms with E-state index in [1.807, 2.05) is 11.8 Å². The van der Waals surface area contributed by atoms with Crippen molar-refractivity contribution in [2.75, 3.05) is 18.8 Å². The molecule has 2 aliphatic rings. The van der Waals surface area contributed by atoms with Gasteiger partial charge in [-0.3, -0.25) is 0 Å². The summed E-state index contributed by atoms with van der Waals surface area (Å²) in [6, 6.07) is 0. The average Bonchev–Trinajstić information content (AvgIpc) is 3.11. The molecule has 2 unspecified atom stereocenters. The number of rotatable bonds is 4. The third-order valence-corrected chi connectivity index (χ3v) is 5.69. The van der Waals surface area contributed by atoms with Crippen LogP contribution in [0.15, 0.2) is 4.52 Å². The Bertz CT molecular complexity index is 403. The van der Waals surface area contributed by atoms with Crippen molar-refractivity contribution < 1.29 is 4.52 Å². The predicted molar refractivity (Wildman–Crippen MR) is 77.4 cm³/mol. The molecule has 2 atom stereocenters. The lowest BCUT2D eigenvalue weighted by Crippen LogP contribution is -2.43. The highest BCUT2D eigenvalue weighted by atomic mass is 32.2. The highest BCUT2D eigenvalue weighted by Gasteiger charge is 2.39. The number of thioether (sulfide) groups is 1. The molecule has 0 aliphatic carbocycles. The first-order chi connectivity index (χ1) is 9.34. The standard InChI is InChI=1S/C14H23N3OS/c1-2-6-14(7-4-8-15-10-14)13-16-12(17-18-13)11-5-3-9-19-11/h11,15H,2-10H2,1H3. The summed E-state index contributed by atoms with van der Waals surface area (Å²) in [4.78, 5) is 4.77. The second-order valence-electron chi connectivity index (χ2n) is 5.77. The molecule has 2 fully saturated rings. The fourth-order valence-electron chi connectivity index (χ4n) is 3.31. The van der Waals surface area contributed by atoms with E-state index in [0.29, 0.717) is 5.25 Å². The van der Waals surface area contributed by atoms with Gasteiger partial charge in [0.2, 0.25) is 5.89 Å². The molecule has 0 aromatic carbocycles. The Kier molecular flexibility index (Phi) is 4.12. The lowest BCUT2D eigenvalue weighted by molar-refractivity contribution is 0.213. The SMILES string of the molecule is CCCC1(c2nc(C3CCCS3)no2)CCCNC1. The summed E-state index contributed by atoms with van der Waals surface area (Å²) in [6.45, 7) is 4.34. The average molecular weight is 281 g/mol. The van der Waals surface area contributed by atoms with Gasteiger partial charge in [-0.25, -0.2) is 0 Å². The van der Waals surface area contributed by atoms with Crippen molar-refractivity contribution in [3.05, 3.63) is 11.7 Å². The van der Waals surface area contributed by atoms with E-state index in [4.69, 9.17) is 9.51 Å². The van der Waals surface area contributed by atoms with Crippen LogP contribution >= 0.6 is 11.8 Å². The Morgan fingerprint density at radius 2 is 2.42 bits per heavy atom. The number of hydrogen-bond donors (Lipinski definition) is 1. The molecule has 3 heterocycles. The van der Waals surface area contributed by atoms with Crippen molar-refractivity contribution >= 4 is 11.8 Å². The van der Waals surface area contributed by atoms with Gasteiger partial charge in [0.1, 0.15) is 0 Å². The zero-order valence-electron chi connectivity index (χ0n) is 11.7. The van der Waals surface area contributed by atoms with Crippen molar-refractivity contribution in [3.63, 3.8) is 0 Å². The van der Waals surface area contributed by atoms with Crippen LogP contribution in [0.3, 0.4) is 0 Å². The van der Waals surface area contributed by atoms with Crippen LogP contribution in [0.1, 0.15) is 62.4 Å². The maximum absolute atomic E-state index is 5.66. The molecular formula is C14H23N3OS. The Hall–Kier alpha value is -0.550. The van der Waals surface area contributed by atoms with E-state index >= 15 is 0 Å².